The molecule has 3 heteroatoms. The van der Waals surface area contributed by atoms with Gasteiger partial charge in [0.25, 0.3) is 0 Å². The van der Waals surface area contributed by atoms with Gasteiger partial charge in [-0.2, -0.15) is 0 Å². The van der Waals surface area contributed by atoms with Gasteiger partial charge in [0, 0.05) is 36.9 Å². The molecular weight excluding hydrogens is 685 g/mol. The van der Waals surface area contributed by atoms with E-state index >= 15 is 0 Å². The molecule has 2 nitrogen and oxygen atoms in total. The highest BCUT2D eigenvalue weighted by Crippen LogP contribution is 2.41. The van der Waals surface area contributed by atoms with E-state index in [4.69, 9.17) is 9.97 Å². The van der Waals surface area contributed by atoms with E-state index in [2.05, 4.69) is 194 Å². The number of hydrogen-bond acceptors (Lipinski definition) is 3. The van der Waals surface area contributed by atoms with Crippen LogP contribution < -0.4 is 0 Å². The van der Waals surface area contributed by atoms with Gasteiger partial charge in [0.15, 0.2) is 5.82 Å². The molecule has 0 fully saturated rings. The fourth-order valence-electron chi connectivity index (χ4n) is 8.15. The van der Waals surface area contributed by atoms with Crippen LogP contribution in [0.25, 0.3) is 109 Å². The highest BCUT2D eigenvalue weighted by Gasteiger charge is 2.18. The second kappa shape index (κ2) is 12.9. The molecule has 0 aliphatic heterocycles. The Balaban J connectivity index is 1.13. The van der Waals surface area contributed by atoms with Gasteiger partial charge in [-0.15, -0.1) is 11.3 Å². The predicted molar refractivity (Wildman–Crippen MR) is 235 cm³/mol. The first-order valence-electron chi connectivity index (χ1n) is 18.6. The molecule has 0 aliphatic carbocycles. The summed E-state index contributed by atoms with van der Waals surface area (Å²) in [7, 11) is 0. The van der Waals surface area contributed by atoms with Crippen molar-refractivity contribution in [3.63, 3.8) is 0 Å². The predicted octanol–water partition coefficient (Wildman–Crippen LogP) is 14.6. The summed E-state index contributed by atoms with van der Waals surface area (Å²) in [6, 6.07) is 69.8. The quantitative estimate of drug-likeness (QED) is 0.131. The summed E-state index contributed by atoms with van der Waals surface area (Å²) >= 11 is 1.85. The van der Waals surface area contributed by atoms with Crippen molar-refractivity contribution in [2.75, 3.05) is 0 Å². The molecule has 2 aromatic heterocycles. The van der Waals surface area contributed by atoms with Crippen LogP contribution in [0.4, 0.5) is 0 Å². The Kier molecular flexibility index (Phi) is 7.39. The van der Waals surface area contributed by atoms with Gasteiger partial charge in [-0.05, 0) is 91.0 Å². The average molecular weight is 717 g/mol. The highest BCUT2D eigenvalue weighted by atomic mass is 32.1. The molecule has 0 aliphatic rings. The molecule has 55 heavy (non-hydrogen) atoms. The second-order valence-corrected chi connectivity index (χ2v) is 15.2. The lowest BCUT2D eigenvalue weighted by molar-refractivity contribution is 1.19. The van der Waals surface area contributed by atoms with Gasteiger partial charge in [-0.1, -0.05) is 158 Å². The molecule has 0 atom stereocenters. The lowest BCUT2D eigenvalue weighted by atomic mass is 9.91. The summed E-state index contributed by atoms with van der Waals surface area (Å²) in [5.41, 5.74) is 9.63. The van der Waals surface area contributed by atoms with Crippen LogP contribution in [-0.4, -0.2) is 9.97 Å². The van der Waals surface area contributed by atoms with E-state index in [1.54, 1.807) is 0 Å². The molecule has 256 valence electrons. The number of rotatable bonds is 5. The summed E-state index contributed by atoms with van der Waals surface area (Å²) in [6.45, 7) is 0. The fraction of sp³-hybridized carbons (Fsp3) is 0. The summed E-state index contributed by atoms with van der Waals surface area (Å²) in [4.78, 5) is 10.7. The Morgan fingerprint density at radius 1 is 0.291 bits per heavy atom. The molecule has 0 amide bonds. The van der Waals surface area contributed by atoms with Crippen molar-refractivity contribution in [2.45, 2.75) is 0 Å². The van der Waals surface area contributed by atoms with Crippen molar-refractivity contribution in [1.29, 1.82) is 0 Å². The lowest BCUT2D eigenvalue weighted by Gasteiger charge is -2.16. The topological polar surface area (TPSA) is 25.8 Å². The first kappa shape index (κ1) is 31.6. The van der Waals surface area contributed by atoms with E-state index in [0.717, 1.165) is 39.2 Å². The molecule has 9 aromatic carbocycles. The smallest absolute Gasteiger partial charge is 0.160 e. The van der Waals surface area contributed by atoms with Gasteiger partial charge in [-0.25, -0.2) is 9.97 Å². The van der Waals surface area contributed by atoms with Gasteiger partial charge in [0.1, 0.15) is 0 Å². The summed E-state index contributed by atoms with van der Waals surface area (Å²) in [6.07, 6.45) is 0. The van der Waals surface area contributed by atoms with Gasteiger partial charge in [-0.3, -0.25) is 0 Å². The monoisotopic (exact) mass is 716 g/mol. The number of aromatic nitrogens is 2. The van der Waals surface area contributed by atoms with E-state index in [1.807, 2.05) is 11.3 Å². The minimum Gasteiger partial charge on any atom is -0.228 e. The SMILES string of the molecule is c1ccc(-c2ccc(-c3nc(-c4cccc(-c5ccc6sc7ccccc7c6c5)c4)cc(-c4c5ccccc5cc5c4ccc4ccccc45)n3)cc2)cc1. The van der Waals surface area contributed by atoms with Crippen molar-refractivity contribution in [1.82, 2.24) is 9.97 Å². The molecule has 0 spiro atoms. The van der Waals surface area contributed by atoms with Crippen LogP contribution in [0, 0.1) is 0 Å². The van der Waals surface area contributed by atoms with E-state index < -0.39 is 0 Å². The molecule has 11 aromatic rings. The molecule has 0 bridgehead atoms. The Morgan fingerprint density at radius 2 is 0.909 bits per heavy atom. The minimum absolute atomic E-state index is 0.700. The number of hydrogen-bond donors (Lipinski definition) is 0. The maximum absolute atomic E-state index is 5.41. The number of thiophene rings is 1. The van der Waals surface area contributed by atoms with Crippen molar-refractivity contribution >= 4 is 63.8 Å². The number of benzene rings is 9. The minimum atomic E-state index is 0.700. The third kappa shape index (κ3) is 5.48. The molecule has 0 saturated heterocycles. The van der Waals surface area contributed by atoms with Crippen LogP contribution in [0.15, 0.2) is 194 Å². The summed E-state index contributed by atoms with van der Waals surface area (Å²) < 4.78 is 2.62. The largest absolute Gasteiger partial charge is 0.228 e. The highest BCUT2D eigenvalue weighted by molar-refractivity contribution is 7.25. The van der Waals surface area contributed by atoms with Crippen LogP contribution in [0.5, 0.6) is 0 Å². The number of nitrogens with zero attached hydrogens (tertiary/aromatic N) is 2. The zero-order valence-corrected chi connectivity index (χ0v) is 30.6. The molecule has 11 rings (SSSR count). The van der Waals surface area contributed by atoms with E-state index in [-0.39, 0.29) is 0 Å². The van der Waals surface area contributed by atoms with E-state index in [0.29, 0.717) is 5.82 Å². The molecular formula is C52H32N2S. The average Bonchev–Trinajstić information content (AvgIpc) is 3.64. The Morgan fingerprint density at radius 3 is 1.78 bits per heavy atom. The third-order valence-electron chi connectivity index (χ3n) is 10.9. The standard InChI is InChI=1S/C52H32N2S/c1-2-11-33(12-3-1)34-21-23-36(24-22-34)52-53-47(40-16-10-15-37(29-40)38-26-28-50-46(30-38)43-19-8-9-20-49(43)55-50)32-48(54-52)51-42-18-7-5-14-39(42)31-45-41-17-6-4-13-35(41)25-27-44(45)51/h1-32H. The maximum atomic E-state index is 5.41. The van der Waals surface area contributed by atoms with Gasteiger partial charge in [0.05, 0.1) is 11.4 Å². The summed E-state index contributed by atoms with van der Waals surface area (Å²) in [5.74, 6) is 0.700. The Hall–Kier alpha value is -6.94. The van der Waals surface area contributed by atoms with Gasteiger partial charge < -0.3 is 0 Å². The second-order valence-electron chi connectivity index (χ2n) is 14.1. The van der Waals surface area contributed by atoms with Crippen LogP contribution in [0.1, 0.15) is 0 Å². The van der Waals surface area contributed by atoms with Gasteiger partial charge >= 0.3 is 0 Å². The zero-order valence-electron chi connectivity index (χ0n) is 29.8. The zero-order chi connectivity index (χ0) is 36.3. The Labute approximate surface area is 322 Å². The molecule has 0 saturated carbocycles. The fourth-order valence-corrected chi connectivity index (χ4v) is 9.24. The van der Waals surface area contributed by atoms with Crippen molar-refractivity contribution in [3.8, 4) is 56.2 Å². The third-order valence-corrected chi connectivity index (χ3v) is 12.0. The van der Waals surface area contributed by atoms with Crippen molar-refractivity contribution < 1.29 is 0 Å². The van der Waals surface area contributed by atoms with Crippen molar-refractivity contribution in [3.05, 3.63) is 194 Å². The number of fused-ring (bicyclic) bond motifs is 7. The molecule has 0 unspecified atom stereocenters. The maximum Gasteiger partial charge on any atom is 0.160 e. The first-order chi connectivity index (χ1) is 27.2. The van der Waals surface area contributed by atoms with E-state index in [9.17, 15) is 0 Å². The summed E-state index contributed by atoms with van der Waals surface area (Å²) in [5, 5.41) is 9.82. The van der Waals surface area contributed by atoms with E-state index in [1.165, 1.54) is 63.6 Å². The Bertz CT molecular complexity index is 3250. The molecule has 0 radical (unpaired) electrons. The van der Waals surface area contributed by atoms with Crippen LogP contribution in [-0.2, 0) is 0 Å². The first-order valence-corrected chi connectivity index (χ1v) is 19.5. The van der Waals surface area contributed by atoms with Crippen LogP contribution in [0.2, 0.25) is 0 Å². The molecule has 2 heterocycles. The van der Waals surface area contributed by atoms with Gasteiger partial charge in [0.2, 0.25) is 0 Å². The normalized spacial score (nSPS) is 11.6. The van der Waals surface area contributed by atoms with Crippen molar-refractivity contribution in [2.24, 2.45) is 0 Å². The van der Waals surface area contributed by atoms with Crippen LogP contribution in [0.3, 0.4) is 0 Å². The van der Waals surface area contributed by atoms with Crippen LogP contribution >= 0.6 is 11.3 Å². The molecule has 0 N–H and O–H groups in total. The lowest BCUT2D eigenvalue weighted by Crippen LogP contribution is -1.97.